The van der Waals surface area contributed by atoms with E-state index in [-0.39, 0.29) is 9.41 Å². The van der Waals surface area contributed by atoms with Crippen molar-refractivity contribution in [3.63, 3.8) is 0 Å². The second-order valence-corrected chi connectivity index (χ2v) is 4.14. The summed E-state index contributed by atoms with van der Waals surface area (Å²) in [6.45, 7) is 2.23. The predicted molar refractivity (Wildman–Crippen MR) is 49.9 cm³/mol. The topological polar surface area (TPSA) is 0 Å². The van der Waals surface area contributed by atoms with Crippen LogP contribution in [0.4, 0.5) is 0 Å². The molecule has 0 aromatic heterocycles. The molecule has 0 radical (unpaired) electrons. The van der Waals surface area contributed by atoms with Crippen LogP contribution >= 0.6 is 0 Å². The maximum Gasteiger partial charge on any atom is -1.00 e. The van der Waals surface area contributed by atoms with E-state index in [1.165, 1.54) is 18.4 Å². The number of hydrogen-bond donors (Lipinski definition) is 0. The molecule has 0 aliphatic rings. The molecule has 1 unspecified atom stereocenters. The fraction of sp³-hybridized carbons (Fsp3) is 0.400. The maximum atomic E-state index is 2.83. The third-order valence-electron chi connectivity index (χ3n) is 1.73. The SMILES string of the molecule is C[CH]([Al+2])CCc1ccccc1.[F-].[F-]. The van der Waals surface area contributed by atoms with Crippen molar-refractivity contribution in [2.75, 3.05) is 0 Å². The predicted octanol–water partition coefficient (Wildman–Crippen LogP) is -3.40. The zero-order chi connectivity index (χ0) is 8.10. The first-order valence-corrected chi connectivity index (χ1v) is 4.75. The molecule has 0 aliphatic carbocycles. The van der Waals surface area contributed by atoms with Crippen LogP contribution in [0.25, 0.3) is 0 Å². The number of hydrogen-bond acceptors (Lipinski definition) is 0. The van der Waals surface area contributed by atoms with E-state index in [0.29, 0.717) is 0 Å². The van der Waals surface area contributed by atoms with Crippen LogP contribution in [0.5, 0.6) is 0 Å². The molecule has 0 heterocycles. The van der Waals surface area contributed by atoms with Crippen molar-refractivity contribution in [2.45, 2.75) is 24.5 Å². The van der Waals surface area contributed by atoms with Gasteiger partial charge in [0.2, 0.25) is 0 Å². The van der Waals surface area contributed by atoms with Crippen LogP contribution in [-0.4, -0.2) is 16.3 Å². The van der Waals surface area contributed by atoms with E-state index in [1.54, 1.807) is 0 Å². The monoisotopic (exact) mass is 198 g/mol. The molecule has 1 aromatic rings. The Morgan fingerprint density at radius 1 is 1.15 bits per heavy atom. The molecule has 3 heteroatoms. The first kappa shape index (κ1) is 15.1. The smallest absolute Gasteiger partial charge is 1.00 e. The van der Waals surface area contributed by atoms with Crippen LogP contribution in [0.2, 0.25) is 4.78 Å². The third kappa shape index (κ3) is 6.75. The van der Waals surface area contributed by atoms with Gasteiger partial charge in [0.25, 0.3) is 0 Å². The van der Waals surface area contributed by atoms with Gasteiger partial charge in [-0.05, 0) is 0 Å². The molecule has 1 atom stereocenters. The molecule has 70 valence electrons. The van der Waals surface area contributed by atoms with Crippen LogP contribution in [-0.2, 0) is 6.42 Å². The van der Waals surface area contributed by atoms with Gasteiger partial charge in [-0.1, -0.05) is 0 Å². The van der Waals surface area contributed by atoms with E-state index in [0.717, 1.165) is 4.78 Å². The van der Waals surface area contributed by atoms with Gasteiger partial charge in [-0.25, -0.2) is 0 Å². The zero-order valence-electron chi connectivity index (χ0n) is 7.71. The Balaban J connectivity index is 0. The molecular formula is C10H13AlF2. The number of aryl methyl sites for hydroxylation is 1. The minimum atomic E-state index is 0. The van der Waals surface area contributed by atoms with Gasteiger partial charge in [-0.3, -0.25) is 0 Å². The molecule has 0 bridgehead atoms. The largest absolute Gasteiger partial charge is 1.00 e. The molecule has 0 saturated heterocycles. The molecule has 13 heavy (non-hydrogen) atoms. The Hall–Kier alpha value is -0.388. The molecule has 0 amide bonds. The van der Waals surface area contributed by atoms with Crippen molar-refractivity contribution in [3.8, 4) is 0 Å². The third-order valence-corrected chi connectivity index (χ3v) is 2.06. The van der Waals surface area contributed by atoms with Crippen molar-refractivity contribution >= 4 is 16.3 Å². The fourth-order valence-electron chi connectivity index (χ4n) is 1.04. The number of halogens is 2. The summed E-state index contributed by atoms with van der Waals surface area (Å²) in [5.41, 5.74) is 1.45. The Labute approximate surface area is 86.5 Å². The second-order valence-electron chi connectivity index (χ2n) is 3.00. The Morgan fingerprint density at radius 3 is 2.15 bits per heavy atom. The van der Waals surface area contributed by atoms with E-state index in [2.05, 4.69) is 53.5 Å². The Kier molecular flexibility index (Phi) is 9.55. The first-order chi connectivity index (χ1) is 5.29. The summed E-state index contributed by atoms with van der Waals surface area (Å²) in [4.78, 5) is 0. The second kappa shape index (κ2) is 8.22. The normalized spacial score (nSPS) is 11.0. The molecule has 0 fully saturated rings. The number of benzene rings is 1. The van der Waals surface area contributed by atoms with Gasteiger partial charge in [0.1, 0.15) is 0 Å². The van der Waals surface area contributed by atoms with Gasteiger partial charge in [0, 0.05) is 0 Å². The summed E-state index contributed by atoms with van der Waals surface area (Å²) in [5.74, 6) is 0. The van der Waals surface area contributed by atoms with Crippen molar-refractivity contribution in [1.82, 2.24) is 0 Å². The minimum Gasteiger partial charge on any atom is -1.00 e. The average molecular weight is 198 g/mol. The van der Waals surface area contributed by atoms with E-state index in [9.17, 15) is 0 Å². The summed E-state index contributed by atoms with van der Waals surface area (Å²) >= 11 is 2.83. The average Bonchev–Trinajstić information content (AvgIpc) is 2.03. The first-order valence-electron chi connectivity index (χ1n) is 4.08. The Morgan fingerprint density at radius 2 is 1.69 bits per heavy atom. The molecule has 0 nitrogen and oxygen atoms in total. The van der Waals surface area contributed by atoms with Crippen molar-refractivity contribution < 1.29 is 9.41 Å². The Bertz CT molecular complexity index is 199. The molecule has 0 aliphatic heterocycles. The summed E-state index contributed by atoms with van der Waals surface area (Å²) in [7, 11) is 0. The van der Waals surface area contributed by atoms with E-state index >= 15 is 0 Å². The molecule has 1 rings (SSSR count). The molecule has 0 N–H and O–H groups in total. The van der Waals surface area contributed by atoms with Crippen molar-refractivity contribution in [3.05, 3.63) is 35.9 Å². The molecule has 1 aromatic carbocycles. The van der Waals surface area contributed by atoms with Crippen LogP contribution in [0, 0.1) is 0 Å². The van der Waals surface area contributed by atoms with Gasteiger partial charge in [0.05, 0.1) is 0 Å². The molecule has 0 saturated carbocycles. The molecule has 0 spiro atoms. The minimum absolute atomic E-state index is 0. The maximum absolute atomic E-state index is 2.83. The molecular weight excluding hydrogens is 185 g/mol. The van der Waals surface area contributed by atoms with Crippen LogP contribution in [0.15, 0.2) is 30.3 Å². The summed E-state index contributed by atoms with van der Waals surface area (Å²) in [6, 6.07) is 10.6. The van der Waals surface area contributed by atoms with E-state index in [4.69, 9.17) is 0 Å². The van der Waals surface area contributed by atoms with Gasteiger partial charge >= 0.3 is 76.7 Å². The van der Waals surface area contributed by atoms with Gasteiger partial charge in [-0.15, -0.1) is 0 Å². The van der Waals surface area contributed by atoms with Crippen LogP contribution in [0.1, 0.15) is 18.9 Å². The van der Waals surface area contributed by atoms with Gasteiger partial charge in [0.15, 0.2) is 0 Å². The van der Waals surface area contributed by atoms with Crippen LogP contribution < -0.4 is 9.41 Å². The van der Waals surface area contributed by atoms with E-state index in [1.807, 2.05) is 0 Å². The van der Waals surface area contributed by atoms with Crippen molar-refractivity contribution in [1.29, 1.82) is 0 Å². The van der Waals surface area contributed by atoms with Crippen molar-refractivity contribution in [2.24, 2.45) is 0 Å². The zero-order valence-corrected chi connectivity index (χ0v) is 8.87. The van der Waals surface area contributed by atoms with Crippen LogP contribution in [0.3, 0.4) is 0 Å². The van der Waals surface area contributed by atoms with Gasteiger partial charge in [-0.2, -0.15) is 0 Å². The standard InChI is InChI=1S/C10H13.Al.2FH/c1-2-3-7-10-8-5-4-6-9-10;;;/h2,4-6,8-9H,3,7H2,1H3;;2*1H/q;+2;;/p-2. The van der Waals surface area contributed by atoms with E-state index < -0.39 is 0 Å². The quantitative estimate of drug-likeness (QED) is 0.444. The summed E-state index contributed by atoms with van der Waals surface area (Å²) in [5, 5.41) is 0. The summed E-state index contributed by atoms with van der Waals surface area (Å²) in [6.07, 6.45) is 2.46. The number of rotatable bonds is 3. The summed E-state index contributed by atoms with van der Waals surface area (Å²) < 4.78 is 0.732. The fourth-order valence-corrected chi connectivity index (χ4v) is 1.21. The van der Waals surface area contributed by atoms with Gasteiger partial charge < -0.3 is 9.41 Å².